The molecule has 4 rings (SSSR count). The zero-order valence-corrected chi connectivity index (χ0v) is 26.7. The van der Waals surface area contributed by atoms with Crippen LogP contribution in [0.4, 0.5) is 13.2 Å². The van der Waals surface area contributed by atoms with Gasteiger partial charge in [-0.15, -0.1) is 0 Å². The number of aliphatic carboxylic acids is 1. The average molecular weight is 620 g/mol. The van der Waals surface area contributed by atoms with Gasteiger partial charge in [-0.25, -0.2) is 0 Å². The van der Waals surface area contributed by atoms with Crippen molar-refractivity contribution in [3.05, 3.63) is 59.7 Å². The third-order valence-electron chi connectivity index (χ3n) is 9.49. The Morgan fingerprint density at radius 3 is 2.16 bits per heavy atom. The number of rotatable bonds is 12. The summed E-state index contributed by atoms with van der Waals surface area (Å²) in [5.74, 6) is 0.406. The maximum atomic E-state index is 14.1. The summed E-state index contributed by atoms with van der Waals surface area (Å²) in [5.41, 5.74) is -0.407. The fourth-order valence-corrected chi connectivity index (χ4v) is 6.81. The van der Waals surface area contributed by atoms with Crippen molar-refractivity contribution in [3.63, 3.8) is 0 Å². The van der Waals surface area contributed by atoms with Crippen LogP contribution < -0.4 is 9.47 Å². The van der Waals surface area contributed by atoms with E-state index in [0.29, 0.717) is 57.6 Å². The second kappa shape index (κ2) is 13.7. The van der Waals surface area contributed by atoms with Gasteiger partial charge in [0.05, 0.1) is 30.1 Å². The SMILES string of the molecule is COc1ccc([C@]2(CCN(Cc3ccc(O[C@H]4CC[C@H](C(=O)O)CC4)cc3)CC(C)(C)C(F)(F)F)CCOC(C)(C)C2)cc1. The molecule has 1 aliphatic carbocycles. The molecule has 2 aliphatic rings. The monoisotopic (exact) mass is 619 g/mol. The maximum absolute atomic E-state index is 14.1. The molecule has 9 heteroatoms. The Labute approximate surface area is 259 Å². The van der Waals surface area contributed by atoms with Crippen LogP contribution in [0.15, 0.2) is 48.5 Å². The van der Waals surface area contributed by atoms with Gasteiger partial charge in [0.2, 0.25) is 0 Å². The zero-order valence-electron chi connectivity index (χ0n) is 26.7. The minimum absolute atomic E-state index is 0.0293. The maximum Gasteiger partial charge on any atom is 0.395 e. The first kappa shape index (κ1) is 34.1. The lowest BCUT2D eigenvalue weighted by Gasteiger charge is -2.46. The van der Waals surface area contributed by atoms with Gasteiger partial charge in [-0.3, -0.25) is 9.69 Å². The smallest absolute Gasteiger partial charge is 0.395 e. The second-order valence-corrected chi connectivity index (χ2v) is 14.0. The van der Waals surface area contributed by atoms with Crippen LogP contribution in [0.25, 0.3) is 0 Å². The molecule has 1 N–H and O–H groups in total. The van der Waals surface area contributed by atoms with Crippen molar-refractivity contribution in [2.24, 2.45) is 11.3 Å². The van der Waals surface area contributed by atoms with Crippen molar-refractivity contribution >= 4 is 5.97 Å². The third kappa shape index (κ3) is 8.68. The van der Waals surface area contributed by atoms with Crippen molar-refractivity contribution < 1.29 is 37.3 Å². The number of benzene rings is 2. The summed E-state index contributed by atoms with van der Waals surface area (Å²) in [6.45, 7) is 8.04. The first-order valence-electron chi connectivity index (χ1n) is 15.7. The Bertz CT molecular complexity index is 1220. The lowest BCUT2D eigenvalue weighted by Crippen LogP contribution is -2.47. The predicted octanol–water partition coefficient (Wildman–Crippen LogP) is 8.03. The molecular weight excluding hydrogens is 571 g/mol. The number of nitrogens with zero attached hydrogens (tertiary/aromatic N) is 1. The topological polar surface area (TPSA) is 68.2 Å². The lowest BCUT2D eigenvalue weighted by atomic mass is 9.67. The van der Waals surface area contributed by atoms with Gasteiger partial charge in [0.25, 0.3) is 0 Å². The van der Waals surface area contributed by atoms with E-state index in [2.05, 4.69) is 26.0 Å². The number of methoxy groups -OCH3 is 1. The molecule has 1 saturated carbocycles. The number of alkyl halides is 3. The highest BCUT2D eigenvalue weighted by atomic mass is 19.4. The highest BCUT2D eigenvalue weighted by Crippen LogP contribution is 2.45. The first-order valence-corrected chi connectivity index (χ1v) is 15.7. The standard InChI is InChI=1S/C35H48F3NO5/c1-32(2,35(36,37)38)24-39(22-25-6-12-29(13-7-25)44-30-14-8-26(9-15-30)31(40)41)20-18-34(19-21-43-33(3,4)23-34)27-10-16-28(42-5)17-11-27/h6-7,10-13,16-17,26,30H,8-9,14-15,18-24H2,1-5H3,(H,40,41)/t26-,30-,34-/m1/s1. The van der Waals surface area contributed by atoms with Crippen LogP contribution in [0.1, 0.15) is 83.8 Å². The Balaban J connectivity index is 1.50. The van der Waals surface area contributed by atoms with Crippen LogP contribution in [0.3, 0.4) is 0 Å². The van der Waals surface area contributed by atoms with E-state index in [0.717, 1.165) is 29.7 Å². The van der Waals surface area contributed by atoms with Crippen LogP contribution >= 0.6 is 0 Å². The zero-order chi connectivity index (χ0) is 32.2. The Morgan fingerprint density at radius 1 is 1.00 bits per heavy atom. The van der Waals surface area contributed by atoms with Gasteiger partial charge in [-0.1, -0.05) is 24.3 Å². The van der Waals surface area contributed by atoms with Gasteiger partial charge < -0.3 is 19.3 Å². The van der Waals surface area contributed by atoms with E-state index in [-0.39, 0.29) is 29.6 Å². The molecule has 0 bridgehead atoms. The number of carboxylic acid groups (broad SMARTS) is 1. The summed E-state index contributed by atoms with van der Waals surface area (Å²) in [7, 11) is 1.63. The molecular formula is C35H48F3NO5. The van der Waals surface area contributed by atoms with Crippen LogP contribution in [0, 0.1) is 11.3 Å². The Morgan fingerprint density at radius 2 is 1.61 bits per heavy atom. The molecule has 0 unspecified atom stereocenters. The summed E-state index contributed by atoms with van der Waals surface area (Å²) in [6, 6.07) is 15.6. The number of hydrogen-bond donors (Lipinski definition) is 1. The largest absolute Gasteiger partial charge is 0.497 e. The van der Waals surface area contributed by atoms with Crippen LogP contribution in [0.5, 0.6) is 11.5 Å². The van der Waals surface area contributed by atoms with Crippen molar-refractivity contribution in [1.82, 2.24) is 4.90 Å². The molecule has 1 aliphatic heterocycles. The van der Waals surface area contributed by atoms with Crippen molar-refractivity contribution in [2.75, 3.05) is 26.8 Å². The van der Waals surface area contributed by atoms with Gasteiger partial charge in [0, 0.05) is 25.1 Å². The van der Waals surface area contributed by atoms with Crippen molar-refractivity contribution in [1.29, 1.82) is 0 Å². The number of halogens is 3. The minimum Gasteiger partial charge on any atom is -0.497 e. The number of ether oxygens (including phenoxy) is 3. The Kier molecular flexibility index (Phi) is 10.6. The predicted molar refractivity (Wildman–Crippen MR) is 164 cm³/mol. The number of carbonyl (C=O) groups is 1. The third-order valence-corrected chi connectivity index (χ3v) is 9.49. The first-order chi connectivity index (χ1) is 20.6. The molecule has 0 radical (unpaired) electrons. The van der Waals surface area contributed by atoms with Gasteiger partial charge >= 0.3 is 12.1 Å². The number of hydrogen-bond acceptors (Lipinski definition) is 5. The van der Waals surface area contributed by atoms with Gasteiger partial charge in [-0.05, 0) is 115 Å². The summed E-state index contributed by atoms with van der Waals surface area (Å²) in [4.78, 5) is 13.2. The second-order valence-electron chi connectivity index (χ2n) is 14.0. The van der Waals surface area contributed by atoms with Gasteiger partial charge in [0.1, 0.15) is 11.5 Å². The molecule has 2 fully saturated rings. The van der Waals surface area contributed by atoms with Crippen molar-refractivity contribution in [3.8, 4) is 11.5 Å². The lowest BCUT2D eigenvalue weighted by molar-refractivity contribution is -0.217. The van der Waals surface area contributed by atoms with E-state index in [1.54, 1.807) is 7.11 Å². The van der Waals surface area contributed by atoms with E-state index in [9.17, 15) is 23.1 Å². The molecule has 1 atom stereocenters. The minimum atomic E-state index is -4.34. The molecule has 244 valence electrons. The summed E-state index contributed by atoms with van der Waals surface area (Å²) >= 11 is 0. The molecule has 0 aromatic heterocycles. The number of carboxylic acids is 1. The van der Waals surface area contributed by atoms with Gasteiger partial charge in [-0.2, -0.15) is 13.2 Å². The van der Waals surface area contributed by atoms with E-state index in [4.69, 9.17) is 14.2 Å². The van der Waals surface area contributed by atoms with Gasteiger partial charge in [0.15, 0.2) is 0 Å². The fourth-order valence-electron chi connectivity index (χ4n) is 6.81. The molecule has 2 aromatic rings. The highest BCUT2D eigenvalue weighted by Gasteiger charge is 2.48. The summed E-state index contributed by atoms with van der Waals surface area (Å²) in [6.07, 6.45) is 0.471. The van der Waals surface area contributed by atoms with Crippen LogP contribution in [-0.2, 0) is 21.5 Å². The van der Waals surface area contributed by atoms with E-state index in [1.165, 1.54) is 13.8 Å². The molecule has 44 heavy (non-hydrogen) atoms. The molecule has 6 nitrogen and oxygen atoms in total. The molecule has 0 spiro atoms. The Hall–Kier alpha value is -2.78. The van der Waals surface area contributed by atoms with Crippen LogP contribution in [0.2, 0.25) is 0 Å². The molecule has 0 amide bonds. The highest BCUT2D eigenvalue weighted by molar-refractivity contribution is 5.70. The molecule has 1 saturated heterocycles. The van der Waals surface area contributed by atoms with Crippen LogP contribution in [-0.4, -0.2) is 60.7 Å². The van der Waals surface area contributed by atoms with E-state index < -0.39 is 17.6 Å². The summed E-state index contributed by atoms with van der Waals surface area (Å²) < 4.78 is 59.8. The van der Waals surface area contributed by atoms with E-state index >= 15 is 0 Å². The summed E-state index contributed by atoms with van der Waals surface area (Å²) in [5, 5.41) is 9.24. The molecule has 2 aromatic carbocycles. The quantitative estimate of drug-likeness (QED) is 0.260. The normalized spacial score (nSPS) is 24.2. The van der Waals surface area contributed by atoms with Crippen molar-refractivity contribution in [2.45, 2.75) is 102 Å². The average Bonchev–Trinajstić information content (AvgIpc) is 2.96. The van der Waals surface area contributed by atoms with E-state index in [1.807, 2.05) is 41.3 Å². The molecule has 1 heterocycles. The fraction of sp³-hybridized carbons (Fsp3) is 0.629.